The number of urea groups is 1. The second kappa shape index (κ2) is 24.8. The zero-order valence-electron chi connectivity index (χ0n) is 26.2. The van der Waals surface area contributed by atoms with Crippen molar-refractivity contribution in [2.45, 2.75) is 134 Å². The van der Waals surface area contributed by atoms with Crippen molar-refractivity contribution in [3.05, 3.63) is 12.3 Å². The van der Waals surface area contributed by atoms with E-state index in [1.807, 2.05) is 0 Å². The minimum Gasteiger partial charge on any atom is -0.480 e. The maximum absolute atomic E-state index is 13.1. The van der Waals surface area contributed by atoms with Gasteiger partial charge in [-0.15, -0.1) is 0 Å². The van der Waals surface area contributed by atoms with Crippen molar-refractivity contribution in [2.75, 3.05) is 20.7 Å². The summed E-state index contributed by atoms with van der Waals surface area (Å²) in [6.07, 6.45) is 9.50. The summed E-state index contributed by atoms with van der Waals surface area (Å²) in [5.41, 5.74) is 5.58. The third-order valence-electron chi connectivity index (χ3n) is 7.44. The SMILES string of the molecule is CCCCCCCCCCCCCCCC(=O)N(C(CC(OC)C(O)C(O)N(/C=C\C=O)C(=O)NC)C(=O)O)[C@H](O)CN. The Balaban J connectivity index is 5.11. The summed E-state index contributed by atoms with van der Waals surface area (Å²) in [5, 5.41) is 44.1. The highest BCUT2D eigenvalue weighted by Gasteiger charge is 2.40. The molecular formula is C30H56N4O9. The average molecular weight is 617 g/mol. The number of aliphatic hydroxyl groups excluding tert-OH is 3. The third kappa shape index (κ3) is 16.2. The third-order valence-corrected chi connectivity index (χ3v) is 7.44. The molecule has 7 N–H and O–H groups in total. The van der Waals surface area contributed by atoms with Crippen molar-refractivity contribution in [3.8, 4) is 0 Å². The molecule has 0 aliphatic carbocycles. The molecule has 0 bridgehead atoms. The zero-order chi connectivity index (χ0) is 32.6. The van der Waals surface area contributed by atoms with Crippen molar-refractivity contribution in [3.63, 3.8) is 0 Å². The van der Waals surface area contributed by atoms with Crippen molar-refractivity contribution in [1.29, 1.82) is 0 Å². The van der Waals surface area contributed by atoms with Crippen LogP contribution in [-0.2, 0) is 19.1 Å². The van der Waals surface area contributed by atoms with Gasteiger partial charge in [-0.1, -0.05) is 84.0 Å². The van der Waals surface area contributed by atoms with Gasteiger partial charge in [-0.3, -0.25) is 14.5 Å². The second-order valence-corrected chi connectivity index (χ2v) is 10.7. The number of carbonyl (C=O) groups is 4. The number of nitrogens with two attached hydrogens (primary N) is 1. The first-order chi connectivity index (χ1) is 20.6. The summed E-state index contributed by atoms with van der Waals surface area (Å²) >= 11 is 0. The van der Waals surface area contributed by atoms with Gasteiger partial charge in [-0.25, -0.2) is 9.59 Å². The van der Waals surface area contributed by atoms with Crippen LogP contribution in [0.25, 0.3) is 0 Å². The molecule has 0 spiro atoms. The van der Waals surface area contributed by atoms with Crippen LogP contribution in [0.15, 0.2) is 12.3 Å². The topological polar surface area (TPSA) is 203 Å². The molecule has 0 saturated carbocycles. The first-order valence-corrected chi connectivity index (χ1v) is 15.5. The van der Waals surface area contributed by atoms with Gasteiger partial charge in [0.2, 0.25) is 5.91 Å². The van der Waals surface area contributed by atoms with Crippen LogP contribution in [0.3, 0.4) is 0 Å². The van der Waals surface area contributed by atoms with Gasteiger partial charge in [-0.05, 0) is 12.5 Å². The summed E-state index contributed by atoms with van der Waals surface area (Å²) in [7, 11) is 2.43. The van der Waals surface area contributed by atoms with Crippen LogP contribution in [0.2, 0.25) is 0 Å². The first kappa shape index (κ1) is 40.4. The Morgan fingerprint density at radius 1 is 0.907 bits per heavy atom. The number of aliphatic hydroxyl groups is 3. The number of unbranched alkanes of at least 4 members (excludes halogenated alkanes) is 12. The van der Waals surface area contributed by atoms with E-state index >= 15 is 0 Å². The van der Waals surface area contributed by atoms with Crippen molar-refractivity contribution >= 4 is 24.2 Å². The molecule has 0 heterocycles. The van der Waals surface area contributed by atoms with E-state index in [2.05, 4.69) is 12.2 Å². The number of aliphatic carboxylic acids is 1. The number of aldehydes is 1. The number of amides is 3. The van der Waals surface area contributed by atoms with Gasteiger partial charge < -0.3 is 41.1 Å². The molecule has 13 nitrogen and oxygen atoms in total. The largest absolute Gasteiger partial charge is 0.480 e. The minimum atomic E-state index is -1.94. The van der Waals surface area contributed by atoms with E-state index in [0.717, 1.165) is 50.0 Å². The fourth-order valence-electron chi connectivity index (χ4n) is 4.90. The van der Waals surface area contributed by atoms with Crippen molar-refractivity contribution in [1.82, 2.24) is 15.1 Å². The average Bonchev–Trinajstić information content (AvgIpc) is 3.00. The number of hydrogen-bond acceptors (Lipinski definition) is 9. The monoisotopic (exact) mass is 616 g/mol. The minimum absolute atomic E-state index is 0.00235. The number of nitrogens with zero attached hydrogens (tertiary/aromatic N) is 2. The predicted octanol–water partition coefficient (Wildman–Crippen LogP) is 2.47. The summed E-state index contributed by atoms with van der Waals surface area (Å²) in [6, 6.07) is -2.51. The number of methoxy groups -OCH3 is 1. The molecule has 0 radical (unpaired) electrons. The standard InChI is InChI=1S/C30H56N4O9/c1-4-5-6-7-8-9-10-11-12-13-14-15-16-18-25(36)34(26(37)22-31)23(29(40)41)21-24(43-3)27(38)28(39)33(19-17-20-35)30(42)32-2/h17,19-20,23-24,26-28,37-39H,4-16,18,21-22,31H2,1-3H3,(H,32,42)(H,40,41)/b19-17-/t23?,24?,26-,27?,28?/m1/s1. The lowest BCUT2D eigenvalue weighted by molar-refractivity contribution is -0.166. The van der Waals surface area contributed by atoms with Gasteiger partial charge in [0.1, 0.15) is 24.7 Å². The molecule has 43 heavy (non-hydrogen) atoms. The summed E-state index contributed by atoms with van der Waals surface area (Å²) < 4.78 is 5.23. The highest BCUT2D eigenvalue weighted by Crippen LogP contribution is 2.21. The molecular weight excluding hydrogens is 560 g/mol. The van der Waals surface area contributed by atoms with Crippen molar-refractivity contribution in [2.24, 2.45) is 5.73 Å². The molecule has 4 unspecified atom stereocenters. The predicted molar refractivity (Wildman–Crippen MR) is 163 cm³/mol. The molecule has 5 atom stereocenters. The number of hydrogen-bond donors (Lipinski definition) is 6. The van der Waals surface area contributed by atoms with E-state index in [1.165, 1.54) is 58.4 Å². The van der Waals surface area contributed by atoms with Crippen LogP contribution in [-0.4, -0.2) is 106 Å². The van der Waals surface area contributed by atoms with E-state index < -0.39 is 61.6 Å². The molecule has 0 saturated heterocycles. The van der Waals surface area contributed by atoms with E-state index in [0.29, 0.717) is 17.6 Å². The maximum atomic E-state index is 13.1. The Morgan fingerprint density at radius 2 is 1.42 bits per heavy atom. The Morgan fingerprint density at radius 3 is 1.84 bits per heavy atom. The number of rotatable bonds is 26. The highest BCUT2D eigenvalue weighted by molar-refractivity contribution is 5.84. The fourth-order valence-corrected chi connectivity index (χ4v) is 4.90. The number of carboxylic acid groups (broad SMARTS) is 1. The second-order valence-electron chi connectivity index (χ2n) is 10.7. The maximum Gasteiger partial charge on any atom is 0.326 e. The van der Waals surface area contributed by atoms with Gasteiger partial charge in [0.05, 0.1) is 6.10 Å². The van der Waals surface area contributed by atoms with Gasteiger partial charge in [0.25, 0.3) is 0 Å². The van der Waals surface area contributed by atoms with Gasteiger partial charge in [-0.2, -0.15) is 0 Å². The molecule has 0 fully saturated rings. The lowest BCUT2D eigenvalue weighted by Gasteiger charge is -2.37. The smallest absolute Gasteiger partial charge is 0.326 e. The lowest BCUT2D eigenvalue weighted by Crippen LogP contribution is -2.57. The summed E-state index contributed by atoms with van der Waals surface area (Å²) in [6.45, 7) is 1.79. The lowest BCUT2D eigenvalue weighted by atomic mass is 10.00. The van der Waals surface area contributed by atoms with Crippen LogP contribution >= 0.6 is 0 Å². The zero-order valence-corrected chi connectivity index (χ0v) is 26.2. The Hall–Kier alpha value is -2.58. The number of ether oxygens (including phenoxy) is 1. The van der Waals surface area contributed by atoms with Crippen LogP contribution in [0.5, 0.6) is 0 Å². The number of nitrogens with one attached hydrogen (secondary N) is 1. The van der Waals surface area contributed by atoms with E-state index in [-0.39, 0.29) is 6.42 Å². The van der Waals surface area contributed by atoms with Gasteiger partial charge in [0.15, 0.2) is 6.23 Å². The normalized spacial score (nSPS) is 15.0. The molecule has 250 valence electrons. The van der Waals surface area contributed by atoms with Gasteiger partial charge in [0, 0.05) is 39.7 Å². The van der Waals surface area contributed by atoms with Gasteiger partial charge >= 0.3 is 12.0 Å². The van der Waals surface area contributed by atoms with Crippen LogP contribution in [0.4, 0.5) is 4.79 Å². The molecule has 3 amide bonds. The number of allylic oxidation sites excluding steroid dienone is 1. The van der Waals surface area contributed by atoms with E-state index in [1.54, 1.807) is 0 Å². The summed E-state index contributed by atoms with van der Waals surface area (Å²) in [4.78, 5) is 49.6. The quantitative estimate of drug-likeness (QED) is 0.0363. The summed E-state index contributed by atoms with van der Waals surface area (Å²) in [5.74, 6) is -2.09. The Labute approximate surface area is 256 Å². The van der Waals surface area contributed by atoms with Crippen LogP contribution in [0.1, 0.15) is 103 Å². The molecule has 0 aliphatic heterocycles. The van der Waals surface area contributed by atoms with E-state index in [9.17, 15) is 39.6 Å². The first-order valence-electron chi connectivity index (χ1n) is 15.5. The Bertz CT molecular complexity index is 815. The van der Waals surface area contributed by atoms with E-state index in [4.69, 9.17) is 10.5 Å². The van der Waals surface area contributed by atoms with Crippen LogP contribution in [0, 0.1) is 0 Å². The molecule has 13 heteroatoms. The number of carboxylic acids is 1. The highest BCUT2D eigenvalue weighted by atomic mass is 16.5. The van der Waals surface area contributed by atoms with Crippen LogP contribution < -0.4 is 11.1 Å². The molecule has 0 aromatic carbocycles. The molecule has 0 rings (SSSR count). The fraction of sp³-hybridized carbons (Fsp3) is 0.800. The van der Waals surface area contributed by atoms with Crippen molar-refractivity contribution < 1.29 is 44.3 Å². The number of carbonyl (C=O) groups excluding carboxylic acids is 3. The molecule has 0 aromatic rings. The molecule has 0 aliphatic rings. The molecule has 0 aromatic heterocycles. The Kier molecular flexibility index (Phi) is 23.3.